The first-order chi connectivity index (χ1) is 12.7. The van der Waals surface area contributed by atoms with Gasteiger partial charge in [0.2, 0.25) is 0 Å². The maximum absolute atomic E-state index is 12.1. The van der Waals surface area contributed by atoms with Gasteiger partial charge < -0.3 is 15.4 Å². The number of nitro groups is 1. The Balaban J connectivity index is 1.96. The molecule has 10 heteroatoms. The Kier molecular flexibility index (Phi) is 6.59. The lowest BCUT2D eigenvalue weighted by molar-refractivity contribution is -0.383. The molecule has 0 unspecified atom stereocenters. The molecule has 0 fully saturated rings. The standard InChI is InChI=1S/C17H15Cl2N3O5/c1-21(8-10-2-4-12(18)13(19)6-10)16(23)9-27-17(24)11-3-5-14(20)15(7-11)22(25)26/h2-7H,8-9,20H2,1H3. The third-order valence-corrected chi connectivity index (χ3v) is 4.36. The molecule has 0 saturated carbocycles. The van der Waals surface area contributed by atoms with Gasteiger partial charge in [-0.1, -0.05) is 29.3 Å². The third-order valence-electron chi connectivity index (χ3n) is 3.62. The number of likely N-dealkylation sites (N-methyl/N-ethyl adjacent to an activating group) is 1. The second-order valence-electron chi connectivity index (χ2n) is 5.61. The molecule has 0 heterocycles. The van der Waals surface area contributed by atoms with Crippen LogP contribution in [0.1, 0.15) is 15.9 Å². The molecule has 0 radical (unpaired) electrons. The third kappa shape index (κ3) is 5.32. The van der Waals surface area contributed by atoms with E-state index in [1.807, 2.05) is 0 Å². The van der Waals surface area contributed by atoms with Crippen LogP contribution in [0, 0.1) is 10.1 Å². The van der Waals surface area contributed by atoms with Crippen LogP contribution in [0.4, 0.5) is 11.4 Å². The summed E-state index contributed by atoms with van der Waals surface area (Å²) in [6, 6.07) is 8.49. The Morgan fingerprint density at radius 2 is 1.89 bits per heavy atom. The quantitative estimate of drug-likeness (QED) is 0.337. The summed E-state index contributed by atoms with van der Waals surface area (Å²) in [5.74, 6) is -1.33. The first-order valence-electron chi connectivity index (χ1n) is 7.58. The maximum atomic E-state index is 12.1. The average molecular weight is 412 g/mol. The number of hydrogen-bond donors (Lipinski definition) is 1. The molecule has 0 aromatic heterocycles. The lowest BCUT2D eigenvalue weighted by Gasteiger charge is -2.17. The Bertz CT molecular complexity index is 904. The highest BCUT2D eigenvalue weighted by Crippen LogP contribution is 2.24. The van der Waals surface area contributed by atoms with Crippen molar-refractivity contribution in [3.63, 3.8) is 0 Å². The Morgan fingerprint density at radius 1 is 1.19 bits per heavy atom. The lowest BCUT2D eigenvalue weighted by Crippen LogP contribution is -2.30. The molecular weight excluding hydrogens is 397 g/mol. The predicted molar refractivity (Wildman–Crippen MR) is 101 cm³/mol. The zero-order chi connectivity index (χ0) is 20.1. The number of nitrogens with zero attached hydrogens (tertiary/aromatic N) is 2. The number of nitro benzene ring substituents is 1. The van der Waals surface area contributed by atoms with Gasteiger partial charge in [0, 0.05) is 19.7 Å². The highest BCUT2D eigenvalue weighted by Gasteiger charge is 2.18. The number of ether oxygens (including phenoxy) is 1. The molecule has 27 heavy (non-hydrogen) atoms. The first-order valence-corrected chi connectivity index (χ1v) is 8.33. The number of hydrogen-bond acceptors (Lipinski definition) is 6. The van der Waals surface area contributed by atoms with Crippen LogP contribution >= 0.6 is 23.2 Å². The van der Waals surface area contributed by atoms with E-state index in [9.17, 15) is 19.7 Å². The van der Waals surface area contributed by atoms with E-state index in [0.717, 1.165) is 11.6 Å². The van der Waals surface area contributed by atoms with Crippen molar-refractivity contribution in [2.24, 2.45) is 0 Å². The van der Waals surface area contributed by atoms with Gasteiger partial charge in [0.25, 0.3) is 11.6 Å². The van der Waals surface area contributed by atoms with Gasteiger partial charge in [-0.2, -0.15) is 0 Å². The van der Waals surface area contributed by atoms with E-state index in [0.29, 0.717) is 10.0 Å². The van der Waals surface area contributed by atoms with Crippen LogP contribution in [-0.2, 0) is 16.1 Å². The van der Waals surface area contributed by atoms with E-state index in [2.05, 4.69) is 0 Å². The Hall–Kier alpha value is -2.84. The average Bonchev–Trinajstić information content (AvgIpc) is 2.62. The second kappa shape index (κ2) is 8.70. The number of halogens is 2. The largest absolute Gasteiger partial charge is 0.452 e. The number of anilines is 1. The van der Waals surface area contributed by atoms with Gasteiger partial charge in [0.05, 0.1) is 20.5 Å². The minimum atomic E-state index is -0.866. The molecular formula is C17H15Cl2N3O5. The molecule has 0 atom stereocenters. The van der Waals surface area contributed by atoms with Crippen molar-refractivity contribution in [2.45, 2.75) is 6.54 Å². The lowest BCUT2D eigenvalue weighted by atomic mass is 10.2. The van der Waals surface area contributed by atoms with Crippen LogP contribution < -0.4 is 5.73 Å². The van der Waals surface area contributed by atoms with Crippen molar-refractivity contribution >= 4 is 46.5 Å². The molecule has 0 saturated heterocycles. The molecule has 0 spiro atoms. The molecule has 2 N–H and O–H groups in total. The summed E-state index contributed by atoms with van der Waals surface area (Å²) in [4.78, 5) is 35.6. The Morgan fingerprint density at radius 3 is 2.52 bits per heavy atom. The van der Waals surface area contributed by atoms with E-state index in [-0.39, 0.29) is 17.8 Å². The van der Waals surface area contributed by atoms with Gasteiger partial charge in [-0.15, -0.1) is 0 Å². The van der Waals surface area contributed by atoms with E-state index in [4.69, 9.17) is 33.7 Å². The molecule has 142 valence electrons. The topological polar surface area (TPSA) is 116 Å². The number of nitrogens with two attached hydrogens (primary N) is 1. The predicted octanol–water partition coefficient (Wildman–Crippen LogP) is 3.30. The molecule has 8 nitrogen and oxygen atoms in total. The number of carbonyl (C=O) groups excluding carboxylic acids is 2. The number of amides is 1. The van der Waals surface area contributed by atoms with Gasteiger partial charge in [0.15, 0.2) is 6.61 Å². The van der Waals surface area contributed by atoms with Crippen LogP contribution in [0.3, 0.4) is 0 Å². The fraction of sp³-hybridized carbons (Fsp3) is 0.176. The summed E-state index contributed by atoms with van der Waals surface area (Å²) in [5.41, 5.74) is 5.67. The fourth-order valence-electron chi connectivity index (χ4n) is 2.15. The number of carbonyl (C=O) groups is 2. The van der Waals surface area contributed by atoms with Crippen LogP contribution in [0.15, 0.2) is 36.4 Å². The molecule has 0 aliphatic carbocycles. The van der Waals surface area contributed by atoms with E-state index in [1.54, 1.807) is 18.2 Å². The molecule has 0 aliphatic rings. The van der Waals surface area contributed by atoms with Crippen molar-refractivity contribution in [2.75, 3.05) is 19.4 Å². The number of nitrogen functional groups attached to an aromatic ring is 1. The molecule has 2 rings (SSSR count). The zero-order valence-electron chi connectivity index (χ0n) is 14.1. The van der Waals surface area contributed by atoms with E-state index < -0.39 is 29.1 Å². The molecule has 2 aromatic rings. The Labute approximate surface area is 164 Å². The van der Waals surface area contributed by atoms with Crippen molar-refractivity contribution in [3.8, 4) is 0 Å². The SMILES string of the molecule is CN(Cc1ccc(Cl)c(Cl)c1)C(=O)COC(=O)c1ccc(N)c([N+](=O)[O-])c1. The normalized spacial score (nSPS) is 10.3. The molecule has 0 bridgehead atoms. The van der Waals surface area contributed by atoms with Crippen LogP contribution in [0.5, 0.6) is 0 Å². The fourth-order valence-corrected chi connectivity index (χ4v) is 2.47. The smallest absolute Gasteiger partial charge is 0.338 e. The summed E-state index contributed by atoms with van der Waals surface area (Å²) >= 11 is 11.8. The highest BCUT2D eigenvalue weighted by molar-refractivity contribution is 6.42. The summed E-state index contributed by atoms with van der Waals surface area (Å²) in [6.07, 6.45) is 0. The van der Waals surface area contributed by atoms with Gasteiger partial charge in [-0.25, -0.2) is 4.79 Å². The van der Waals surface area contributed by atoms with E-state index >= 15 is 0 Å². The van der Waals surface area contributed by atoms with Crippen LogP contribution in [0.25, 0.3) is 0 Å². The summed E-state index contributed by atoms with van der Waals surface area (Å²) in [6.45, 7) is -0.282. The number of esters is 1. The first kappa shape index (κ1) is 20.5. The summed E-state index contributed by atoms with van der Waals surface area (Å²) < 4.78 is 4.93. The van der Waals surface area contributed by atoms with Gasteiger partial charge in [0.1, 0.15) is 5.69 Å². The summed E-state index contributed by atoms with van der Waals surface area (Å²) in [5, 5.41) is 11.6. The molecule has 1 amide bonds. The van der Waals surface area contributed by atoms with Crippen LogP contribution in [-0.4, -0.2) is 35.4 Å². The van der Waals surface area contributed by atoms with Crippen molar-refractivity contribution in [1.29, 1.82) is 0 Å². The van der Waals surface area contributed by atoms with Crippen LogP contribution in [0.2, 0.25) is 10.0 Å². The van der Waals surface area contributed by atoms with Crippen molar-refractivity contribution in [3.05, 3.63) is 67.7 Å². The monoisotopic (exact) mass is 411 g/mol. The maximum Gasteiger partial charge on any atom is 0.338 e. The van der Waals surface area contributed by atoms with Gasteiger partial charge in [-0.3, -0.25) is 14.9 Å². The van der Waals surface area contributed by atoms with Crippen molar-refractivity contribution < 1.29 is 19.2 Å². The highest BCUT2D eigenvalue weighted by atomic mass is 35.5. The minimum Gasteiger partial charge on any atom is -0.452 e. The number of rotatable bonds is 6. The van der Waals surface area contributed by atoms with E-state index in [1.165, 1.54) is 24.1 Å². The summed E-state index contributed by atoms with van der Waals surface area (Å²) in [7, 11) is 1.53. The second-order valence-corrected chi connectivity index (χ2v) is 6.42. The zero-order valence-corrected chi connectivity index (χ0v) is 15.7. The molecule has 0 aliphatic heterocycles. The number of benzene rings is 2. The van der Waals surface area contributed by atoms with Gasteiger partial charge >= 0.3 is 5.97 Å². The molecule has 2 aromatic carbocycles. The van der Waals surface area contributed by atoms with Crippen molar-refractivity contribution in [1.82, 2.24) is 4.90 Å². The minimum absolute atomic E-state index is 0.0733. The van der Waals surface area contributed by atoms with Gasteiger partial charge in [-0.05, 0) is 29.8 Å².